The topological polar surface area (TPSA) is 56.5 Å². The van der Waals surface area contributed by atoms with Crippen molar-refractivity contribution in [2.45, 2.75) is 38.0 Å². The zero-order valence-corrected chi connectivity index (χ0v) is 19.2. The van der Waals surface area contributed by atoms with Crippen molar-refractivity contribution in [3.05, 3.63) is 67.1 Å². The standard InChI is InChI=1S/C22H21Br2N3O2/c1-29-20-17(23)11-14(12-18(20)24)13-25-27-21(15-7-3-2-4-8-15)26-19-10-6-5-9-16(19)22(27)28/h5-6,9-13,15H,2-4,7-8H2,1H3. The first-order chi connectivity index (χ1) is 14.1. The predicted octanol–water partition coefficient (Wildman–Crippen LogP) is 5.86. The fourth-order valence-electron chi connectivity index (χ4n) is 3.85. The van der Waals surface area contributed by atoms with E-state index >= 15 is 0 Å². The van der Waals surface area contributed by atoms with Crippen LogP contribution < -0.4 is 10.3 Å². The molecule has 0 N–H and O–H groups in total. The molecule has 0 radical (unpaired) electrons. The van der Waals surface area contributed by atoms with Crippen LogP contribution in [0.5, 0.6) is 5.75 Å². The Balaban J connectivity index is 1.82. The van der Waals surface area contributed by atoms with Gasteiger partial charge in [0.1, 0.15) is 11.6 Å². The van der Waals surface area contributed by atoms with Crippen LogP contribution in [-0.2, 0) is 0 Å². The minimum atomic E-state index is -0.126. The summed E-state index contributed by atoms with van der Waals surface area (Å²) in [5.74, 6) is 1.73. The Bertz CT molecular complexity index is 1110. The van der Waals surface area contributed by atoms with E-state index < -0.39 is 0 Å². The number of benzene rings is 2. The number of rotatable bonds is 4. The third kappa shape index (κ3) is 4.16. The molecule has 1 fully saturated rings. The second-order valence-electron chi connectivity index (χ2n) is 7.20. The van der Waals surface area contributed by atoms with Gasteiger partial charge in [-0.05, 0) is 74.5 Å². The highest BCUT2D eigenvalue weighted by atomic mass is 79.9. The van der Waals surface area contributed by atoms with Gasteiger partial charge < -0.3 is 4.74 Å². The maximum atomic E-state index is 13.2. The van der Waals surface area contributed by atoms with Crippen molar-refractivity contribution < 1.29 is 4.74 Å². The first-order valence-corrected chi connectivity index (χ1v) is 11.3. The van der Waals surface area contributed by atoms with Gasteiger partial charge in [-0.15, -0.1) is 0 Å². The van der Waals surface area contributed by atoms with Crippen LogP contribution in [0, 0.1) is 0 Å². The van der Waals surface area contributed by atoms with Crippen molar-refractivity contribution in [2.24, 2.45) is 5.10 Å². The van der Waals surface area contributed by atoms with E-state index in [4.69, 9.17) is 9.72 Å². The Morgan fingerprint density at radius 3 is 2.52 bits per heavy atom. The molecule has 0 saturated heterocycles. The molecule has 1 heterocycles. The molecule has 150 valence electrons. The Kier molecular flexibility index (Phi) is 6.15. The van der Waals surface area contributed by atoms with Gasteiger partial charge in [-0.2, -0.15) is 9.78 Å². The summed E-state index contributed by atoms with van der Waals surface area (Å²) in [5.41, 5.74) is 1.46. The van der Waals surface area contributed by atoms with E-state index in [1.165, 1.54) is 11.1 Å². The zero-order chi connectivity index (χ0) is 20.4. The number of aromatic nitrogens is 2. The Morgan fingerprint density at radius 1 is 1.14 bits per heavy atom. The molecule has 1 aromatic heterocycles. The second kappa shape index (κ2) is 8.79. The number of fused-ring (bicyclic) bond motifs is 1. The van der Waals surface area contributed by atoms with Crippen molar-refractivity contribution in [2.75, 3.05) is 7.11 Å². The molecule has 0 bridgehead atoms. The van der Waals surface area contributed by atoms with E-state index in [0.717, 1.165) is 57.3 Å². The summed E-state index contributed by atoms with van der Waals surface area (Å²) in [4.78, 5) is 18.1. The summed E-state index contributed by atoms with van der Waals surface area (Å²) < 4.78 is 8.47. The van der Waals surface area contributed by atoms with Gasteiger partial charge in [0.15, 0.2) is 0 Å². The molecule has 3 aromatic rings. The Hall–Kier alpha value is -1.99. The van der Waals surface area contributed by atoms with E-state index in [1.54, 1.807) is 13.3 Å². The predicted molar refractivity (Wildman–Crippen MR) is 123 cm³/mol. The summed E-state index contributed by atoms with van der Waals surface area (Å²) >= 11 is 7.02. The van der Waals surface area contributed by atoms with E-state index in [1.807, 2.05) is 36.4 Å². The molecule has 1 saturated carbocycles. The normalized spacial score (nSPS) is 15.3. The average molecular weight is 519 g/mol. The smallest absolute Gasteiger partial charge is 0.282 e. The lowest BCUT2D eigenvalue weighted by molar-refractivity contribution is 0.409. The number of halogens is 2. The molecule has 0 unspecified atom stereocenters. The SMILES string of the molecule is COc1c(Br)cc(C=Nn2c(C3CCCCC3)nc3ccccc3c2=O)cc1Br. The third-order valence-electron chi connectivity index (χ3n) is 5.30. The molecule has 0 atom stereocenters. The minimum absolute atomic E-state index is 0.126. The van der Waals surface area contributed by atoms with Gasteiger partial charge in [-0.3, -0.25) is 4.79 Å². The largest absolute Gasteiger partial charge is 0.494 e. The van der Waals surface area contributed by atoms with Crippen molar-refractivity contribution in [1.82, 2.24) is 9.66 Å². The maximum Gasteiger partial charge on any atom is 0.282 e. The molecular formula is C22H21Br2N3O2. The molecule has 0 amide bonds. The first-order valence-electron chi connectivity index (χ1n) is 9.67. The summed E-state index contributed by atoms with van der Waals surface area (Å²) in [7, 11) is 1.62. The summed E-state index contributed by atoms with van der Waals surface area (Å²) in [6.45, 7) is 0. The van der Waals surface area contributed by atoms with Crippen molar-refractivity contribution >= 4 is 49.0 Å². The van der Waals surface area contributed by atoms with Gasteiger partial charge in [0.05, 0.1) is 33.2 Å². The van der Waals surface area contributed by atoms with Gasteiger partial charge in [0.25, 0.3) is 5.56 Å². The van der Waals surface area contributed by atoms with Crippen LogP contribution in [-0.4, -0.2) is 23.0 Å². The summed E-state index contributed by atoms with van der Waals surface area (Å²) in [6.07, 6.45) is 7.34. The Morgan fingerprint density at radius 2 is 1.83 bits per heavy atom. The lowest BCUT2D eigenvalue weighted by atomic mass is 9.88. The third-order valence-corrected chi connectivity index (χ3v) is 6.47. The number of hydrogen-bond donors (Lipinski definition) is 0. The highest BCUT2D eigenvalue weighted by Gasteiger charge is 2.22. The zero-order valence-electron chi connectivity index (χ0n) is 16.1. The van der Waals surface area contributed by atoms with Gasteiger partial charge in [-0.25, -0.2) is 4.98 Å². The van der Waals surface area contributed by atoms with Crippen molar-refractivity contribution in [3.8, 4) is 5.75 Å². The van der Waals surface area contributed by atoms with Crippen molar-refractivity contribution in [3.63, 3.8) is 0 Å². The van der Waals surface area contributed by atoms with Crippen molar-refractivity contribution in [1.29, 1.82) is 0 Å². The molecular weight excluding hydrogens is 498 g/mol. The molecule has 0 aliphatic heterocycles. The van der Waals surface area contributed by atoms with Gasteiger partial charge in [-0.1, -0.05) is 31.4 Å². The molecule has 29 heavy (non-hydrogen) atoms. The first kappa shape index (κ1) is 20.3. The molecule has 0 spiro atoms. The number of hydrogen-bond acceptors (Lipinski definition) is 4. The van der Waals surface area contributed by atoms with E-state index in [9.17, 15) is 4.79 Å². The molecule has 2 aromatic carbocycles. The lowest BCUT2D eigenvalue weighted by Crippen LogP contribution is -2.25. The van der Waals surface area contributed by atoms with Crippen LogP contribution in [0.3, 0.4) is 0 Å². The van der Waals surface area contributed by atoms with Crippen LogP contribution in [0.15, 0.2) is 55.2 Å². The van der Waals surface area contributed by atoms with Gasteiger partial charge >= 0.3 is 0 Å². The number of methoxy groups -OCH3 is 1. The highest BCUT2D eigenvalue weighted by molar-refractivity contribution is 9.11. The second-order valence-corrected chi connectivity index (χ2v) is 8.91. The Labute approximate surface area is 186 Å². The highest BCUT2D eigenvalue weighted by Crippen LogP contribution is 2.34. The minimum Gasteiger partial charge on any atom is -0.494 e. The fraction of sp³-hybridized carbons (Fsp3) is 0.318. The summed E-state index contributed by atoms with van der Waals surface area (Å²) in [6, 6.07) is 11.3. The monoisotopic (exact) mass is 517 g/mol. The van der Waals surface area contributed by atoms with E-state index in [0.29, 0.717) is 5.39 Å². The maximum absolute atomic E-state index is 13.2. The molecule has 1 aliphatic carbocycles. The number of nitrogens with zero attached hydrogens (tertiary/aromatic N) is 3. The molecule has 7 heteroatoms. The molecule has 5 nitrogen and oxygen atoms in total. The van der Waals surface area contributed by atoms with E-state index in [-0.39, 0.29) is 11.5 Å². The van der Waals surface area contributed by atoms with E-state index in [2.05, 4.69) is 37.0 Å². The molecule has 1 aliphatic rings. The van der Waals surface area contributed by atoms with Crippen LogP contribution in [0.4, 0.5) is 0 Å². The number of para-hydroxylation sites is 1. The fourth-order valence-corrected chi connectivity index (χ4v) is 5.40. The van der Waals surface area contributed by atoms with Crippen LogP contribution in [0.25, 0.3) is 10.9 Å². The van der Waals surface area contributed by atoms with Crippen LogP contribution in [0.1, 0.15) is 49.4 Å². The van der Waals surface area contributed by atoms with Gasteiger partial charge in [0.2, 0.25) is 0 Å². The average Bonchev–Trinajstić information content (AvgIpc) is 2.73. The number of ether oxygens (including phenoxy) is 1. The summed E-state index contributed by atoms with van der Waals surface area (Å²) in [5, 5.41) is 5.16. The lowest BCUT2D eigenvalue weighted by Gasteiger charge is -2.22. The van der Waals surface area contributed by atoms with Crippen LogP contribution in [0.2, 0.25) is 0 Å². The van der Waals surface area contributed by atoms with Gasteiger partial charge in [0, 0.05) is 5.92 Å². The van der Waals surface area contributed by atoms with Crippen LogP contribution >= 0.6 is 31.9 Å². The quantitative estimate of drug-likeness (QED) is 0.406. The molecule has 4 rings (SSSR count).